The van der Waals surface area contributed by atoms with Crippen molar-refractivity contribution in [2.24, 2.45) is 0 Å². The zero-order chi connectivity index (χ0) is 19.0. The first-order valence-electron chi connectivity index (χ1n) is 4.72. The van der Waals surface area contributed by atoms with Crippen LogP contribution in [0.2, 0.25) is 0 Å². The maximum Gasteiger partial charge on any atom is 0.425 e. The molecule has 0 radical (unpaired) electrons. The monoisotopic (exact) mass is 364 g/mol. The minimum atomic E-state index is -5.69. The summed E-state index contributed by atoms with van der Waals surface area (Å²) in [7, 11) is 0. The average Bonchev–Trinajstić information content (AvgIpc) is 2.10. The molecule has 0 aliphatic heterocycles. The summed E-state index contributed by atoms with van der Waals surface area (Å²) in [6.45, 7) is -0.681. The zero-order valence-corrected chi connectivity index (χ0v) is 10.4. The van der Waals surface area contributed by atoms with E-state index in [0.29, 0.717) is 0 Å². The first-order chi connectivity index (χ1) is 9.00. The molecule has 2 N–H and O–H groups in total. The zero-order valence-electron chi connectivity index (χ0n) is 10.4. The average molecular weight is 364 g/mol. The third kappa shape index (κ3) is 5.07. The Morgan fingerprint density at radius 3 is 0.500 bits per heavy atom. The fourth-order valence-electron chi connectivity index (χ4n) is 0.321. The van der Waals surface area contributed by atoms with Gasteiger partial charge in [-0.1, -0.05) is 0 Å². The van der Waals surface area contributed by atoms with Gasteiger partial charge in [-0.25, -0.2) is 0 Å². The Morgan fingerprint density at radius 2 is 0.500 bits per heavy atom. The number of alkyl halides is 12. The summed E-state index contributed by atoms with van der Waals surface area (Å²) in [5.41, 5.74) is -9.25. The highest BCUT2D eigenvalue weighted by molar-refractivity contribution is 4.89. The van der Waals surface area contributed by atoms with Crippen LogP contribution >= 0.6 is 0 Å². The highest BCUT2D eigenvalue weighted by Crippen LogP contribution is 2.43. The van der Waals surface area contributed by atoms with Gasteiger partial charge in [0.1, 0.15) is 0 Å². The van der Waals surface area contributed by atoms with Crippen molar-refractivity contribution >= 4 is 0 Å². The van der Waals surface area contributed by atoms with Crippen LogP contribution in [-0.4, -0.2) is 46.1 Å². The molecule has 14 heteroatoms. The molecule has 0 heterocycles. The van der Waals surface area contributed by atoms with Gasteiger partial charge in [0.2, 0.25) is 0 Å². The van der Waals surface area contributed by atoms with Crippen molar-refractivity contribution in [1.82, 2.24) is 0 Å². The summed E-state index contributed by atoms with van der Waals surface area (Å²) >= 11 is 0. The van der Waals surface area contributed by atoms with Gasteiger partial charge in [-0.3, -0.25) is 0 Å². The van der Waals surface area contributed by atoms with Gasteiger partial charge in [-0.2, -0.15) is 52.7 Å². The van der Waals surface area contributed by atoms with Crippen LogP contribution in [0.15, 0.2) is 0 Å². The van der Waals surface area contributed by atoms with E-state index >= 15 is 0 Å². The van der Waals surface area contributed by atoms with Crippen molar-refractivity contribution in [3.05, 3.63) is 0 Å². The summed E-state index contributed by atoms with van der Waals surface area (Å²) in [6.07, 6.45) is -22.8. The van der Waals surface area contributed by atoms with Crippen LogP contribution in [0.3, 0.4) is 0 Å². The van der Waals surface area contributed by atoms with Crippen LogP contribution in [0.1, 0.15) is 13.8 Å². The number of rotatable bonds is 0. The fourth-order valence-corrected chi connectivity index (χ4v) is 0.321. The SMILES string of the molecule is CC(O)(C(F)(F)F)C(F)(F)F.CC(O)(C(F)(F)F)C(F)(F)F. The molecule has 0 aromatic heterocycles. The molecule has 0 spiro atoms. The molecule has 2 nitrogen and oxygen atoms in total. The summed E-state index contributed by atoms with van der Waals surface area (Å²) in [6, 6.07) is 0. The molecule has 0 aliphatic carbocycles. The normalized spacial score (nSPS) is 15.3. The molecule has 0 aromatic rings. The molecule has 0 saturated carbocycles. The van der Waals surface area contributed by atoms with Crippen molar-refractivity contribution in [2.45, 2.75) is 49.8 Å². The Bertz CT molecular complexity index is 287. The van der Waals surface area contributed by atoms with Gasteiger partial charge < -0.3 is 10.2 Å². The second-order valence-corrected chi connectivity index (χ2v) is 4.14. The Labute approximate surface area is 114 Å². The molecule has 22 heavy (non-hydrogen) atoms. The Balaban J connectivity index is 0. The predicted molar refractivity (Wildman–Crippen MR) is 45.5 cm³/mol. The quantitative estimate of drug-likeness (QED) is 0.644. The first kappa shape index (κ1) is 23.3. The number of halogens is 12. The van der Waals surface area contributed by atoms with Crippen molar-refractivity contribution in [1.29, 1.82) is 0 Å². The van der Waals surface area contributed by atoms with Gasteiger partial charge in [-0.05, 0) is 13.8 Å². The maximum atomic E-state index is 11.4. The third-order valence-electron chi connectivity index (χ3n) is 2.21. The van der Waals surface area contributed by atoms with Gasteiger partial charge in [0.25, 0.3) is 11.2 Å². The summed E-state index contributed by atoms with van der Waals surface area (Å²) < 4.78 is 136. The maximum absolute atomic E-state index is 11.4. The second-order valence-electron chi connectivity index (χ2n) is 4.14. The largest absolute Gasteiger partial charge is 0.425 e. The molecule has 0 aliphatic rings. The molecule has 0 fully saturated rings. The highest BCUT2D eigenvalue weighted by atomic mass is 19.4. The molecule has 0 saturated heterocycles. The number of hydrogen-bond donors (Lipinski definition) is 2. The Morgan fingerprint density at radius 1 is 0.409 bits per heavy atom. The second kappa shape index (κ2) is 5.94. The smallest absolute Gasteiger partial charge is 0.374 e. The molecular weight excluding hydrogens is 356 g/mol. The van der Waals surface area contributed by atoms with Crippen molar-refractivity contribution in [2.75, 3.05) is 0 Å². The molecule has 0 rings (SSSR count). The molecule has 0 aromatic carbocycles. The van der Waals surface area contributed by atoms with Gasteiger partial charge >= 0.3 is 24.7 Å². The summed E-state index contributed by atoms with van der Waals surface area (Å²) in [5.74, 6) is 0. The van der Waals surface area contributed by atoms with E-state index in [1.807, 2.05) is 0 Å². The van der Waals surface area contributed by atoms with Gasteiger partial charge in [-0.15, -0.1) is 0 Å². The highest BCUT2D eigenvalue weighted by Gasteiger charge is 2.67. The van der Waals surface area contributed by atoms with E-state index in [2.05, 4.69) is 0 Å². The molecule has 0 bridgehead atoms. The van der Waals surface area contributed by atoms with Crippen LogP contribution in [0.25, 0.3) is 0 Å². The van der Waals surface area contributed by atoms with E-state index < -0.39 is 35.9 Å². The van der Waals surface area contributed by atoms with E-state index in [0.717, 1.165) is 0 Å². The third-order valence-corrected chi connectivity index (χ3v) is 2.21. The Hall–Kier alpha value is -0.920. The topological polar surface area (TPSA) is 40.5 Å². The van der Waals surface area contributed by atoms with Crippen molar-refractivity contribution < 1.29 is 62.9 Å². The van der Waals surface area contributed by atoms with E-state index in [1.54, 1.807) is 0 Å². The van der Waals surface area contributed by atoms with Crippen LogP contribution in [0.4, 0.5) is 52.7 Å². The molecule has 0 amide bonds. The van der Waals surface area contributed by atoms with Gasteiger partial charge in [0.05, 0.1) is 0 Å². The fraction of sp³-hybridized carbons (Fsp3) is 1.00. The van der Waals surface area contributed by atoms with Crippen LogP contribution in [0, 0.1) is 0 Å². The number of aliphatic hydroxyl groups is 2. The minimum Gasteiger partial charge on any atom is -0.374 e. The molecule has 0 unspecified atom stereocenters. The standard InChI is InChI=1S/2C4H4F6O/c2*1-2(11,3(5,6)7)4(8,9)10/h2*11H,1H3. The van der Waals surface area contributed by atoms with E-state index in [9.17, 15) is 52.7 Å². The lowest BCUT2D eigenvalue weighted by Gasteiger charge is -2.28. The molecule has 0 atom stereocenters. The summed E-state index contributed by atoms with van der Waals surface area (Å²) in [4.78, 5) is 0. The Kier molecular flexibility index (Phi) is 6.30. The van der Waals surface area contributed by atoms with Crippen molar-refractivity contribution in [3.63, 3.8) is 0 Å². The summed E-state index contributed by atoms with van der Waals surface area (Å²) in [5, 5.41) is 15.9. The van der Waals surface area contributed by atoms with Crippen LogP contribution in [-0.2, 0) is 0 Å². The lowest BCUT2D eigenvalue weighted by Crippen LogP contribution is -2.54. The molecule has 136 valence electrons. The van der Waals surface area contributed by atoms with Gasteiger partial charge in [0.15, 0.2) is 0 Å². The minimum absolute atomic E-state index is 0.340. The van der Waals surface area contributed by atoms with Crippen LogP contribution in [0.5, 0.6) is 0 Å². The first-order valence-corrected chi connectivity index (χ1v) is 4.72. The number of hydrogen-bond acceptors (Lipinski definition) is 2. The van der Waals surface area contributed by atoms with E-state index in [4.69, 9.17) is 10.2 Å². The molecular formula is C8H8F12O2. The predicted octanol–water partition coefficient (Wildman–Crippen LogP) is 3.72. The van der Waals surface area contributed by atoms with E-state index in [-0.39, 0.29) is 13.8 Å². The lowest BCUT2D eigenvalue weighted by atomic mass is 10.1. The van der Waals surface area contributed by atoms with E-state index in [1.165, 1.54) is 0 Å². The van der Waals surface area contributed by atoms with Crippen molar-refractivity contribution in [3.8, 4) is 0 Å². The van der Waals surface area contributed by atoms with Gasteiger partial charge in [0, 0.05) is 0 Å². The lowest BCUT2D eigenvalue weighted by molar-refractivity contribution is -0.361. The van der Waals surface area contributed by atoms with Crippen LogP contribution < -0.4 is 0 Å².